The Balaban J connectivity index is 1.89. The van der Waals surface area contributed by atoms with Crippen molar-refractivity contribution in [1.29, 1.82) is 0 Å². The molecule has 5 heteroatoms. The van der Waals surface area contributed by atoms with Crippen molar-refractivity contribution in [2.24, 2.45) is 0 Å². The fourth-order valence-corrected chi connectivity index (χ4v) is 1.87. The minimum atomic E-state index is -0.0831. The van der Waals surface area contributed by atoms with Crippen molar-refractivity contribution < 1.29 is 4.79 Å². The van der Waals surface area contributed by atoms with Crippen LogP contribution in [0.5, 0.6) is 0 Å². The van der Waals surface area contributed by atoms with E-state index in [-0.39, 0.29) is 11.9 Å². The minimum absolute atomic E-state index is 0.0831. The highest BCUT2D eigenvalue weighted by Gasteiger charge is 2.13. The molecule has 1 N–H and O–H groups in total. The first-order valence-corrected chi connectivity index (χ1v) is 6.39. The molecule has 0 radical (unpaired) electrons. The molecule has 0 aliphatic rings. The van der Waals surface area contributed by atoms with Gasteiger partial charge in [0.2, 0.25) is 0 Å². The fraction of sp³-hybridized carbons (Fsp3) is 0.357. The molecule has 2 aromatic heterocycles. The SMILES string of the molecule is CC(C)n1nccc1C(=O)NCCc1ccncc1. The second-order valence-electron chi connectivity index (χ2n) is 4.62. The molecule has 0 aliphatic heterocycles. The molecule has 19 heavy (non-hydrogen) atoms. The van der Waals surface area contributed by atoms with Crippen LogP contribution in [0.15, 0.2) is 36.8 Å². The zero-order valence-corrected chi connectivity index (χ0v) is 11.2. The average Bonchev–Trinajstić information content (AvgIpc) is 2.89. The molecule has 100 valence electrons. The van der Waals surface area contributed by atoms with Crippen LogP contribution < -0.4 is 5.32 Å². The molecule has 0 atom stereocenters. The first-order valence-electron chi connectivity index (χ1n) is 6.39. The van der Waals surface area contributed by atoms with E-state index in [1.807, 2.05) is 26.0 Å². The van der Waals surface area contributed by atoms with Gasteiger partial charge < -0.3 is 5.32 Å². The van der Waals surface area contributed by atoms with Crippen molar-refractivity contribution in [3.8, 4) is 0 Å². The zero-order valence-electron chi connectivity index (χ0n) is 11.2. The van der Waals surface area contributed by atoms with Crippen LogP contribution in [-0.4, -0.2) is 27.2 Å². The number of nitrogens with zero attached hydrogens (tertiary/aromatic N) is 3. The number of aromatic nitrogens is 3. The Hall–Kier alpha value is -2.17. The van der Waals surface area contributed by atoms with E-state index in [1.54, 1.807) is 29.3 Å². The molecular weight excluding hydrogens is 240 g/mol. The first-order chi connectivity index (χ1) is 9.18. The monoisotopic (exact) mass is 258 g/mol. The summed E-state index contributed by atoms with van der Waals surface area (Å²) in [5.41, 5.74) is 1.76. The van der Waals surface area contributed by atoms with Gasteiger partial charge in [-0.15, -0.1) is 0 Å². The molecule has 5 nitrogen and oxygen atoms in total. The largest absolute Gasteiger partial charge is 0.350 e. The van der Waals surface area contributed by atoms with Crippen LogP contribution in [0.1, 0.15) is 35.9 Å². The minimum Gasteiger partial charge on any atom is -0.350 e. The van der Waals surface area contributed by atoms with E-state index < -0.39 is 0 Å². The van der Waals surface area contributed by atoms with Gasteiger partial charge in [-0.25, -0.2) is 0 Å². The molecule has 0 aliphatic carbocycles. The van der Waals surface area contributed by atoms with E-state index in [0.29, 0.717) is 12.2 Å². The van der Waals surface area contributed by atoms with Gasteiger partial charge in [0.05, 0.1) is 0 Å². The second kappa shape index (κ2) is 6.13. The maximum Gasteiger partial charge on any atom is 0.269 e. The van der Waals surface area contributed by atoms with Gasteiger partial charge in [-0.2, -0.15) is 5.10 Å². The van der Waals surface area contributed by atoms with Crippen molar-refractivity contribution in [1.82, 2.24) is 20.1 Å². The highest BCUT2D eigenvalue weighted by atomic mass is 16.2. The lowest BCUT2D eigenvalue weighted by Gasteiger charge is -2.11. The van der Waals surface area contributed by atoms with Gasteiger partial charge >= 0.3 is 0 Å². The Morgan fingerprint density at radius 1 is 1.26 bits per heavy atom. The summed E-state index contributed by atoms with van der Waals surface area (Å²) < 4.78 is 1.72. The molecule has 0 saturated carbocycles. The summed E-state index contributed by atoms with van der Waals surface area (Å²) in [7, 11) is 0. The Kier molecular flexibility index (Phi) is 4.28. The molecule has 2 rings (SSSR count). The summed E-state index contributed by atoms with van der Waals surface area (Å²) >= 11 is 0. The van der Waals surface area contributed by atoms with Gasteiger partial charge in [0.25, 0.3) is 5.91 Å². The third-order valence-corrected chi connectivity index (χ3v) is 2.84. The van der Waals surface area contributed by atoms with Crippen LogP contribution in [0.25, 0.3) is 0 Å². The maximum atomic E-state index is 12.0. The van der Waals surface area contributed by atoms with Gasteiger partial charge in [0, 0.05) is 31.2 Å². The summed E-state index contributed by atoms with van der Waals surface area (Å²) in [5.74, 6) is -0.0831. The normalized spacial score (nSPS) is 10.7. The number of hydrogen-bond acceptors (Lipinski definition) is 3. The summed E-state index contributed by atoms with van der Waals surface area (Å²) in [4.78, 5) is 16.0. The van der Waals surface area contributed by atoms with E-state index in [2.05, 4.69) is 15.4 Å². The topological polar surface area (TPSA) is 59.8 Å². The van der Waals surface area contributed by atoms with Crippen molar-refractivity contribution in [3.05, 3.63) is 48.0 Å². The molecule has 0 fully saturated rings. The molecule has 0 saturated heterocycles. The summed E-state index contributed by atoms with van der Waals surface area (Å²) in [5, 5.41) is 7.06. The lowest BCUT2D eigenvalue weighted by molar-refractivity contribution is 0.0941. The Morgan fingerprint density at radius 2 is 2.00 bits per heavy atom. The first kappa shape index (κ1) is 13.3. The number of rotatable bonds is 5. The van der Waals surface area contributed by atoms with Crippen LogP contribution in [0.3, 0.4) is 0 Å². The Labute approximate surface area is 112 Å². The van der Waals surface area contributed by atoms with Gasteiger partial charge in [-0.1, -0.05) is 0 Å². The standard InChI is InChI=1S/C14H18N4O/c1-11(2)18-13(6-10-17-18)14(19)16-9-5-12-3-7-15-8-4-12/h3-4,6-8,10-11H,5,9H2,1-2H3,(H,16,19). The van der Waals surface area contributed by atoms with E-state index in [1.165, 1.54) is 0 Å². The molecular formula is C14H18N4O. The highest BCUT2D eigenvalue weighted by Crippen LogP contribution is 2.07. The predicted octanol–water partition coefficient (Wildman–Crippen LogP) is 1.83. The van der Waals surface area contributed by atoms with Crippen molar-refractivity contribution >= 4 is 5.91 Å². The maximum absolute atomic E-state index is 12.0. The number of hydrogen-bond donors (Lipinski definition) is 1. The predicted molar refractivity (Wildman–Crippen MR) is 72.9 cm³/mol. The second-order valence-corrected chi connectivity index (χ2v) is 4.62. The van der Waals surface area contributed by atoms with E-state index >= 15 is 0 Å². The summed E-state index contributed by atoms with van der Waals surface area (Å²) in [6.45, 7) is 4.60. The van der Waals surface area contributed by atoms with Crippen LogP contribution in [0.2, 0.25) is 0 Å². The quantitative estimate of drug-likeness (QED) is 0.890. The van der Waals surface area contributed by atoms with E-state index in [4.69, 9.17) is 0 Å². The molecule has 0 unspecified atom stereocenters. The molecule has 0 bridgehead atoms. The molecule has 2 heterocycles. The van der Waals surface area contributed by atoms with Gasteiger partial charge in [0.15, 0.2) is 0 Å². The van der Waals surface area contributed by atoms with Crippen molar-refractivity contribution in [3.63, 3.8) is 0 Å². The van der Waals surface area contributed by atoms with E-state index in [0.717, 1.165) is 12.0 Å². The number of carbonyl (C=O) groups is 1. The van der Waals surface area contributed by atoms with Crippen molar-refractivity contribution in [2.45, 2.75) is 26.3 Å². The van der Waals surface area contributed by atoms with Gasteiger partial charge in [0.1, 0.15) is 5.69 Å². The summed E-state index contributed by atoms with van der Waals surface area (Å²) in [6, 6.07) is 5.81. The zero-order chi connectivity index (χ0) is 13.7. The Morgan fingerprint density at radius 3 is 2.68 bits per heavy atom. The van der Waals surface area contributed by atoms with Crippen LogP contribution in [0, 0.1) is 0 Å². The smallest absolute Gasteiger partial charge is 0.269 e. The molecule has 0 aromatic carbocycles. The number of carbonyl (C=O) groups excluding carboxylic acids is 1. The van der Waals surface area contributed by atoms with Gasteiger partial charge in [-0.3, -0.25) is 14.5 Å². The molecule has 1 amide bonds. The average molecular weight is 258 g/mol. The third kappa shape index (κ3) is 3.40. The highest BCUT2D eigenvalue weighted by molar-refractivity contribution is 5.92. The van der Waals surface area contributed by atoms with E-state index in [9.17, 15) is 4.79 Å². The molecule has 2 aromatic rings. The number of pyridine rings is 1. The fourth-order valence-electron chi connectivity index (χ4n) is 1.87. The molecule has 0 spiro atoms. The van der Waals surface area contributed by atoms with Crippen molar-refractivity contribution in [2.75, 3.05) is 6.54 Å². The number of nitrogens with one attached hydrogen (secondary N) is 1. The number of amides is 1. The van der Waals surface area contributed by atoms with Crippen LogP contribution >= 0.6 is 0 Å². The Bertz CT molecular complexity index is 533. The van der Waals surface area contributed by atoms with Crippen LogP contribution in [-0.2, 0) is 6.42 Å². The lowest BCUT2D eigenvalue weighted by Crippen LogP contribution is -2.28. The summed E-state index contributed by atoms with van der Waals surface area (Å²) in [6.07, 6.45) is 5.96. The van der Waals surface area contributed by atoms with Crippen LogP contribution in [0.4, 0.5) is 0 Å². The van der Waals surface area contributed by atoms with Gasteiger partial charge in [-0.05, 0) is 44.0 Å². The third-order valence-electron chi connectivity index (χ3n) is 2.84. The lowest BCUT2D eigenvalue weighted by atomic mass is 10.2.